The minimum absolute atomic E-state index is 0.371. The van der Waals surface area contributed by atoms with Gasteiger partial charge in [0.15, 0.2) is 5.82 Å². The molecular formula is C13H7F3N2O3. The molecule has 8 heteroatoms. The van der Waals surface area contributed by atoms with Crippen molar-refractivity contribution in [1.82, 2.24) is 4.98 Å². The number of aromatic nitrogens is 1. The van der Waals surface area contributed by atoms with Crippen molar-refractivity contribution in [2.24, 2.45) is 0 Å². The molecule has 0 atom stereocenters. The molecule has 108 valence electrons. The van der Waals surface area contributed by atoms with Crippen LogP contribution in [0.2, 0.25) is 0 Å². The number of nitrogens with zero attached hydrogens (tertiary/aromatic N) is 1. The van der Waals surface area contributed by atoms with Crippen LogP contribution in [0.5, 0.6) is 0 Å². The van der Waals surface area contributed by atoms with Crippen LogP contribution >= 0.6 is 0 Å². The Morgan fingerprint density at radius 3 is 2.52 bits per heavy atom. The van der Waals surface area contributed by atoms with Crippen LogP contribution in [-0.2, 0) is 0 Å². The number of carboxylic acid groups (broad SMARTS) is 1. The number of hydrogen-bond donors (Lipinski definition) is 2. The average Bonchev–Trinajstić information content (AvgIpc) is 2.41. The Balaban J connectivity index is 2.39. The molecule has 1 heterocycles. The minimum atomic E-state index is -1.61. The number of carboxylic acids is 1. The SMILES string of the molecule is O=C(Nc1cccc(F)c1C(=O)O)c1ccnc(F)c1F. The van der Waals surface area contributed by atoms with E-state index in [9.17, 15) is 22.8 Å². The third-order valence-electron chi connectivity index (χ3n) is 2.57. The standard InChI is InChI=1S/C13H7F3N2O3/c14-7-2-1-3-8(9(7)13(20)21)18-12(19)6-4-5-17-11(16)10(6)15/h1-5H,(H,18,19)(H,20,21). The van der Waals surface area contributed by atoms with Gasteiger partial charge in [0.2, 0.25) is 5.95 Å². The predicted octanol–water partition coefficient (Wildman–Crippen LogP) is 2.45. The molecule has 0 aliphatic heterocycles. The molecule has 2 N–H and O–H groups in total. The maximum absolute atomic E-state index is 13.4. The largest absolute Gasteiger partial charge is 0.478 e. The van der Waals surface area contributed by atoms with Crippen LogP contribution in [0.15, 0.2) is 30.5 Å². The zero-order valence-corrected chi connectivity index (χ0v) is 10.2. The first-order valence-corrected chi connectivity index (χ1v) is 5.55. The van der Waals surface area contributed by atoms with E-state index in [4.69, 9.17) is 5.11 Å². The Kier molecular flexibility index (Phi) is 3.88. The monoisotopic (exact) mass is 296 g/mol. The van der Waals surface area contributed by atoms with Crippen LogP contribution in [0.3, 0.4) is 0 Å². The molecule has 0 bridgehead atoms. The quantitative estimate of drug-likeness (QED) is 0.853. The van der Waals surface area contributed by atoms with Gasteiger partial charge >= 0.3 is 5.97 Å². The van der Waals surface area contributed by atoms with Gasteiger partial charge in [-0.3, -0.25) is 4.79 Å². The molecule has 1 aromatic heterocycles. The van der Waals surface area contributed by atoms with Crippen LogP contribution in [0, 0.1) is 17.6 Å². The zero-order chi connectivity index (χ0) is 15.6. The van der Waals surface area contributed by atoms with Crippen LogP contribution in [0.4, 0.5) is 18.9 Å². The maximum Gasteiger partial charge on any atom is 0.340 e. The Bertz CT molecular complexity index is 735. The summed E-state index contributed by atoms with van der Waals surface area (Å²) in [6.45, 7) is 0. The highest BCUT2D eigenvalue weighted by atomic mass is 19.2. The highest BCUT2D eigenvalue weighted by Crippen LogP contribution is 2.20. The summed E-state index contributed by atoms with van der Waals surface area (Å²) in [6, 6.07) is 4.10. The summed E-state index contributed by atoms with van der Waals surface area (Å²) in [4.78, 5) is 25.8. The predicted molar refractivity (Wildman–Crippen MR) is 65.5 cm³/mol. The third kappa shape index (κ3) is 2.83. The number of rotatable bonds is 3. The molecule has 0 radical (unpaired) electrons. The first kappa shape index (κ1) is 14.5. The Morgan fingerprint density at radius 1 is 1.14 bits per heavy atom. The van der Waals surface area contributed by atoms with Gasteiger partial charge in [0, 0.05) is 6.20 Å². The number of halogens is 3. The van der Waals surface area contributed by atoms with Gasteiger partial charge in [0.1, 0.15) is 11.4 Å². The molecule has 1 amide bonds. The van der Waals surface area contributed by atoms with Gasteiger partial charge in [-0.25, -0.2) is 18.6 Å². The molecule has 1 aromatic carbocycles. The number of hydrogen-bond acceptors (Lipinski definition) is 3. The van der Waals surface area contributed by atoms with E-state index in [0.29, 0.717) is 0 Å². The van der Waals surface area contributed by atoms with Crippen molar-refractivity contribution < 1.29 is 27.9 Å². The number of carbonyl (C=O) groups is 2. The second kappa shape index (κ2) is 5.61. The molecule has 0 saturated carbocycles. The van der Waals surface area contributed by atoms with E-state index in [1.54, 1.807) is 0 Å². The molecule has 0 aliphatic rings. The average molecular weight is 296 g/mol. The number of amides is 1. The van der Waals surface area contributed by atoms with Gasteiger partial charge in [-0.2, -0.15) is 4.39 Å². The van der Waals surface area contributed by atoms with E-state index >= 15 is 0 Å². The summed E-state index contributed by atoms with van der Waals surface area (Å²) >= 11 is 0. The molecule has 5 nitrogen and oxygen atoms in total. The number of anilines is 1. The van der Waals surface area contributed by atoms with Crippen molar-refractivity contribution >= 4 is 17.6 Å². The molecule has 0 unspecified atom stereocenters. The lowest BCUT2D eigenvalue weighted by Gasteiger charge is -2.09. The van der Waals surface area contributed by atoms with Gasteiger partial charge in [-0.15, -0.1) is 0 Å². The van der Waals surface area contributed by atoms with Crippen LogP contribution in [0.25, 0.3) is 0 Å². The lowest BCUT2D eigenvalue weighted by atomic mass is 10.1. The van der Waals surface area contributed by atoms with Crippen LogP contribution in [-0.4, -0.2) is 22.0 Å². The lowest BCUT2D eigenvalue weighted by molar-refractivity contribution is 0.0693. The van der Waals surface area contributed by atoms with E-state index < -0.39 is 40.6 Å². The zero-order valence-electron chi connectivity index (χ0n) is 10.2. The normalized spacial score (nSPS) is 10.2. The van der Waals surface area contributed by atoms with Crippen LogP contribution in [0.1, 0.15) is 20.7 Å². The summed E-state index contributed by atoms with van der Waals surface area (Å²) in [5.41, 5.74) is -1.83. The van der Waals surface area contributed by atoms with Crippen molar-refractivity contribution in [3.05, 3.63) is 59.2 Å². The van der Waals surface area contributed by atoms with Crippen molar-refractivity contribution in [3.63, 3.8) is 0 Å². The van der Waals surface area contributed by atoms with E-state index in [0.717, 1.165) is 24.4 Å². The van der Waals surface area contributed by atoms with E-state index in [1.165, 1.54) is 6.07 Å². The number of nitrogens with one attached hydrogen (secondary N) is 1. The fourth-order valence-electron chi connectivity index (χ4n) is 1.63. The molecular weight excluding hydrogens is 289 g/mol. The maximum atomic E-state index is 13.4. The molecule has 2 rings (SSSR count). The van der Waals surface area contributed by atoms with Crippen molar-refractivity contribution in [3.8, 4) is 0 Å². The summed E-state index contributed by atoms with van der Waals surface area (Å²) in [7, 11) is 0. The third-order valence-corrected chi connectivity index (χ3v) is 2.57. The number of pyridine rings is 1. The van der Waals surface area contributed by atoms with Gasteiger partial charge < -0.3 is 10.4 Å². The summed E-state index contributed by atoms with van der Waals surface area (Å²) in [5, 5.41) is 10.9. The summed E-state index contributed by atoms with van der Waals surface area (Å²) in [5.74, 6) is -6.75. The highest BCUT2D eigenvalue weighted by Gasteiger charge is 2.20. The van der Waals surface area contributed by atoms with Crippen molar-refractivity contribution in [1.29, 1.82) is 0 Å². The minimum Gasteiger partial charge on any atom is -0.478 e. The topological polar surface area (TPSA) is 79.3 Å². The van der Waals surface area contributed by atoms with Gasteiger partial charge in [0.05, 0.1) is 11.3 Å². The first-order chi connectivity index (χ1) is 9.91. The molecule has 0 fully saturated rings. The van der Waals surface area contributed by atoms with E-state index in [2.05, 4.69) is 4.98 Å². The van der Waals surface area contributed by atoms with E-state index in [-0.39, 0.29) is 5.69 Å². The molecule has 0 saturated heterocycles. The van der Waals surface area contributed by atoms with Gasteiger partial charge in [-0.05, 0) is 18.2 Å². The Morgan fingerprint density at radius 2 is 1.86 bits per heavy atom. The fourth-order valence-corrected chi connectivity index (χ4v) is 1.63. The smallest absolute Gasteiger partial charge is 0.340 e. The molecule has 0 spiro atoms. The fraction of sp³-hybridized carbons (Fsp3) is 0. The Labute approximate surface area is 116 Å². The second-order valence-corrected chi connectivity index (χ2v) is 3.88. The van der Waals surface area contributed by atoms with Crippen molar-refractivity contribution in [2.75, 3.05) is 5.32 Å². The van der Waals surface area contributed by atoms with Gasteiger partial charge in [0.25, 0.3) is 5.91 Å². The Hall–Kier alpha value is -2.90. The highest BCUT2D eigenvalue weighted by molar-refractivity contribution is 6.07. The summed E-state index contributed by atoms with van der Waals surface area (Å²) < 4.78 is 39.8. The summed E-state index contributed by atoms with van der Waals surface area (Å²) in [6.07, 6.45) is 0.872. The van der Waals surface area contributed by atoms with Crippen LogP contribution < -0.4 is 5.32 Å². The first-order valence-electron chi connectivity index (χ1n) is 5.55. The second-order valence-electron chi connectivity index (χ2n) is 3.88. The number of benzene rings is 1. The molecule has 0 aliphatic carbocycles. The van der Waals surface area contributed by atoms with Gasteiger partial charge in [-0.1, -0.05) is 6.07 Å². The molecule has 2 aromatic rings. The van der Waals surface area contributed by atoms with E-state index in [1.807, 2.05) is 5.32 Å². The number of carbonyl (C=O) groups excluding carboxylic acids is 1. The number of aromatic carboxylic acids is 1. The molecule has 21 heavy (non-hydrogen) atoms. The van der Waals surface area contributed by atoms with Crippen molar-refractivity contribution in [2.45, 2.75) is 0 Å². The lowest BCUT2D eigenvalue weighted by Crippen LogP contribution is -2.18.